The van der Waals surface area contributed by atoms with E-state index in [1.54, 1.807) is 6.07 Å². The summed E-state index contributed by atoms with van der Waals surface area (Å²) in [5.74, 6) is 0.739. The molecule has 1 aromatic heterocycles. The lowest BCUT2D eigenvalue weighted by atomic mass is 9.76. The highest BCUT2D eigenvalue weighted by Gasteiger charge is 2.40. The molecule has 0 amide bonds. The quantitative estimate of drug-likeness (QED) is 0.750. The number of aliphatic carboxylic acids is 1. The van der Waals surface area contributed by atoms with Gasteiger partial charge in [-0.25, -0.2) is 0 Å². The third kappa shape index (κ3) is 4.51. The van der Waals surface area contributed by atoms with E-state index in [-0.39, 0.29) is 18.0 Å². The van der Waals surface area contributed by atoms with Crippen molar-refractivity contribution < 1.29 is 9.90 Å². The monoisotopic (exact) mass is 408 g/mol. The van der Waals surface area contributed by atoms with Gasteiger partial charge in [-0.2, -0.15) is 0 Å². The average molecular weight is 409 g/mol. The highest BCUT2D eigenvalue weighted by atomic mass is 16.4. The van der Waals surface area contributed by atoms with E-state index in [0.717, 1.165) is 38.0 Å². The van der Waals surface area contributed by atoms with Crippen molar-refractivity contribution in [2.24, 2.45) is 11.8 Å². The number of hydrogen-bond donors (Lipinski definition) is 1. The van der Waals surface area contributed by atoms with Crippen molar-refractivity contribution in [3.05, 3.63) is 69.6 Å². The number of hydrogen-bond acceptors (Lipinski definition) is 3. The number of carbonyl (C=O) groups is 1. The van der Waals surface area contributed by atoms with E-state index in [0.29, 0.717) is 17.8 Å². The van der Waals surface area contributed by atoms with Gasteiger partial charge in [-0.1, -0.05) is 44.2 Å². The molecule has 0 radical (unpaired) electrons. The molecule has 160 valence electrons. The van der Waals surface area contributed by atoms with E-state index >= 15 is 0 Å². The van der Waals surface area contributed by atoms with E-state index in [9.17, 15) is 9.59 Å². The Morgan fingerprint density at radius 1 is 1.10 bits per heavy atom. The van der Waals surface area contributed by atoms with Gasteiger partial charge in [0.2, 0.25) is 0 Å². The summed E-state index contributed by atoms with van der Waals surface area (Å²) in [6.45, 7) is 7.35. The second-order valence-electron chi connectivity index (χ2n) is 9.47. The van der Waals surface area contributed by atoms with E-state index in [1.165, 1.54) is 17.7 Å². The number of likely N-dealkylation sites (tertiary alicyclic amines) is 1. The van der Waals surface area contributed by atoms with E-state index in [2.05, 4.69) is 41.5 Å². The van der Waals surface area contributed by atoms with Gasteiger partial charge >= 0.3 is 5.97 Å². The molecule has 4 rings (SSSR count). The molecule has 0 unspecified atom stereocenters. The summed E-state index contributed by atoms with van der Waals surface area (Å²) in [5.41, 5.74) is 3.41. The summed E-state index contributed by atoms with van der Waals surface area (Å²) in [4.78, 5) is 26.2. The van der Waals surface area contributed by atoms with Gasteiger partial charge in [0.15, 0.2) is 0 Å². The number of benzene rings is 1. The highest BCUT2D eigenvalue weighted by molar-refractivity contribution is 5.70. The summed E-state index contributed by atoms with van der Waals surface area (Å²) in [5, 5.41) is 8.96. The molecule has 2 aliphatic rings. The number of carboxylic acid groups (broad SMARTS) is 1. The summed E-state index contributed by atoms with van der Waals surface area (Å²) >= 11 is 0. The van der Waals surface area contributed by atoms with E-state index < -0.39 is 5.97 Å². The number of rotatable bonds is 7. The summed E-state index contributed by atoms with van der Waals surface area (Å²) in [7, 11) is 0. The molecule has 0 spiro atoms. The van der Waals surface area contributed by atoms with Crippen LogP contribution in [0.2, 0.25) is 0 Å². The van der Waals surface area contributed by atoms with Crippen molar-refractivity contribution in [1.82, 2.24) is 9.47 Å². The van der Waals surface area contributed by atoms with Crippen LogP contribution in [0.5, 0.6) is 0 Å². The first-order valence-electron chi connectivity index (χ1n) is 11.1. The van der Waals surface area contributed by atoms with E-state index in [1.807, 2.05) is 18.2 Å². The van der Waals surface area contributed by atoms with Crippen molar-refractivity contribution in [2.45, 2.75) is 58.0 Å². The van der Waals surface area contributed by atoms with Crippen molar-refractivity contribution in [2.75, 3.05) is 13.1 Å². The lowest BCUT2D eigenvalue weighted by molar-refractivity contribution is -0.136. The van der Waals surface area contributed by atoms with Gasteiger partial charge in [0, 0.05) is 43.4 Å². The van der Waals surface area contributed by atoms with Gasteiger partial charge in [0.1, 0.15) is 0 Å². The Balaban J connectivity index is 1.53. The maximum absolute atomic E-state index is 12.7. The molecule has 2 aromatic rings. The lowest BCUT2D eigenvalue weighted by Gasteiger charge is -2.47. The van der Waals surface area contributed by atoms with Gasteiger partial charge in [0.25, 0.3) is 5.56 Å². The van der Waals surface area contributed by atoms with Crippen LogP contribution in [0.4, 0.5) is 0 Å². The van der Waals surface area contributed by atoms with Gasteiger partial charge in [0.05, 0.1) is 6.42 Å². The van der Waals surface area contributed by atoms with Crippen LogP contribution in [-0.2, 0) is 17.8 Å². The standard InChI is InChI=1S/C25H32N2O3/c1-17(2)6-11-23-21-13-20(22-4-3-5-24(28)27(22)23)15-26(16-21)14-19-9-7-18(8-10-19)12-25(29)30/h3-5,7-10,17,20-21,23H,6,11-16H2,1-2H3,(H,29,30)/t20-,21+,23+/m1/s1. The Morgan fingerprint density at radius 3 is 2.53 bits per heavy atom. The minimum atomic E-state index is -0.798. The normalized spacial score (nSPS) is 23.4. The Kier molecular flexibility index (Phi) is 6.09. The largest absolute Gasteiger partial charge is 0.481 e. The molecule has 5 heteroatoms. The zero-order valence-corrected chi connectivity index (χ0v) is 18.0. The predicted molar refractivity (Wildman–Crippen MR) is 118 cm³/mol. The molecule has 1 saturated heterocycles. The van der Waals surface area contributed by atoms with E-state index in [4.69, 9.17) is 5.11 Å². The second-order valence-corrected chi connectivity index (χ2v) is 9.47. The van der Waals surface area contributed by atoms with Gasteiger partial charge in [-0.3, -0.25) is 14.5 Å². The van der Waals surface area contributed by atoms with Gasteiger partial charge in [-0.15, -0.1) is 0 Å². The molecule has 3 heterocycles. The Bertz CT molecular complexity index is 948. The van der Waals surface area contributed by atoms with Crippen LogP contribution in [0, 0.1) is 11.8 Å². The highest BCUT2D eigenvalue weighted by Crippen LogP contribution is 2.43. The molecular weight excluding hydrogens is 376 g/mol. The zero-order chi connectivity index (χ0) is 21.3. The third-order valence-corrected chi connectivity index (χ3v) is 6.70. The van der Waals surface area contributed by atoms with Crippen molar-refractivity contribution in [3.8, 4) is 0 Å². The molecule has 1 N–H and O–H groups in total. The minimum absolute atomic E-state index is 0.0667. The molecule has 2 aliphatic heterocycles. The van der Waals surface area contributed by atoms with Crippen LogP contribution < -0.4 is 5.56 Å². The molecule has 5 nitrogen and oxygen atoms in total. The van der Waals surface area contributed by atoms with Crippen LogP contribution in [-0.4, -0.2) is 33.6 Å². The van der Waals surface area contributed by atoms with Crippen LogP contribution in [0.3, 0.4) is 0 Å². The summed E-state index contributed by atoms with van der Waals surface area (Å²) < 4.78 is 2.11. The number of pyridine rings is 1. The first kappa shape index (κ1) is 20.9. The molecule has 1 aromatic carbocycles. The maximum atomic E-state index is 12.7. The Labute approximate surface area is 178 Å². The zero-order valence-electron chi connectivity index (χ0n) is 18.0. The molecule has 3 atom stereocenters. The predicted octanol–water partition coefficient (Wildman–Crippen LogP) is 4.07. The van der Waals surface area contributed by atoms with Crippen LogP contribution in [0.15, 0.2) is 47.3 Å². The molecular formula is C25H32N2O3. The number of carboxylic acids is 1. The van der Waals surface area contributed by atoms with Crippen molar-refractivity contribution in [3.63, 3.8) is 0 Å². The second kappa shape index (κ2) is 8.76. The fraction of sp³-hybridized carbons (Fsp3) is 0.520. The summed E-state index contributed by atoms with van der Waals surface area (Å²) in [6, 6.07) is 14.0. The SMILES string of the molecule is CC(C)CC[C@H]1[C@H]2C[C@H](CN(Cc3ccc(CC(=O)O)cc3)C2)c2cccc(=O)n21. The number of nitrogens with zero attached hydrogens (tertiary/aromatic N) is 2. The molecule has 0 saturated carbocycles. The number of fused-ring (bicyclic) bond motifs is 4. The third-order valence-electron chi connectivity index (χ3n) is 6.70. The van der Waals surface area contributed by atoms with Crippen molar-refractivity contribution >= 4 is 5.97 Å². The number of piperidine rings is 1. The maximum Gasteiger partial charge on any atom is 0.307 e. The average Bonchev–Trinajstić information content (AvgIpc) is 2.69. The first-order chi connectivity index (χ1) is 14.4. The topological polar surface area (TPSA) is 62.5 Å². The van der Waals surface area contributed by atoms with Crippen LogP contribution >= 0.6 is 0 Å². The Hall–Kier alpha value is -2.40. The van der Waals surface area contributed by atoms with Gasteiger partial charge < -0.3 is 9.67 Å². The lowest BCUT2D eigenvalue weighted by Crippen LogP contribution is -2.49. The molecule has 30 heavy (non-hydrogen) atoms. The van der Waals surface area contributed by atoms with Gasteiger partial charge in [-0.05, 0) is 48.3 Å². The molecule has 0 aliphatic carbocycles. The van der Waals surface area contributed by atoms with Crippen LogP contribution in [0.25, 0.3) is 0 Å². The first-order valence-corrected chi connectivity index (χ1v) is 11.1. The fourth-order valence-corrected chi connectivity index (χ4v) is 5.33. The fourth-order valence-electron chi connectivity index (χ4n) is 5.33. The molecule has 1 fully saturated rings. The number of aromatic nitrogens is 1. The Morgan fingerprint density at radius 2 is 1.83 bits per heavy atom. The van der Waals surface area contributed by atoms with Crippen molar-refractivity contribution in [1.29, 1.82) is 0 Å². The minimum Gasteiger partial charge on any atom is -0.481 e. The smallest absolute Gasteiger partial charge is 0.307 e. The molecule has 2 bridgehead atoms. The summed E-state index contributed by atoms with van der Waals surface area (Å²) in [6.07, 6.45) is 3.43. The van der Waals surface area contributed by atoms with Crippen LogP contribution in [0.1, 0.15) is 61.9 Å².